The smallest absolute Gasteiger partial charge is 0.303 e. The summed E-state index contributed by atoms with van der Waals surface area (Å²) in [7, 11) is 1.36. The second-order valence-corrected chi connectivity index (χ2v) is 5.75. The monoisotopic (exact) mass is 309 g/mol. The number of hydrogen-bond acceptors (Lipinski definition) is 4. The standard InChI is InChI=1S/C15H23N3O4/c1-18(10-16)15(22)12(9-11-5-3-2-4-6-11)17-13(19)7-8-14(20)21/h11-12H,2-9H2,1H3,(H,17,19)(H,20,21)/t12-/m0/s1. The maximum Gasteiger partial charge on any atom is 0.303 e. The van der Waals surface area contributed by atoms with Crippen LogP contribution < -0.4 is 5.32 Å². The van der Waals surface area contributed by atoms with Crippen LogP contribution in [-0.2, 0) is 14.4 Å². The number of nitrogens with zero attached hydrogens (tertiary/aromatic N) is 2. The van der Waals surface area contributed by atoms with Gasteiger partial charge in [0.15, 0.2) is 6.19 Å². The molecule has 0 heterocycles. The lowest BCUT2D eigenvalue weighted by molar-refractivity contribution is -0.139. The number of nitrogens with one attached hydrogen (secondary N) is 1. The Balaban J connectivity index is 2.64. The Morgan fingerprint density at radius 2 is 1.91 bits per heavy atom. The first-order valence-electron chi connectivity index (χ1n) is 7.62. The fraction of sp³-hybridized carbons (Fsp3) is 0.733. The first kappa shape index (κ1) is 18.0. The highest BCUT2D eigenvalue weighted by molar-refractivity contribution is 5.89. The minimum absolute atomic E-state index is 0.167. The maximum atomic E-state index is 12.2. The van der Waals surface area contributed by atoms with Crippen LogP contribution in [-0.4, -0.2) is 40.9 Å². The highest BCUT2D eigenvalue weighted by Gasteiger charge is 2.28. The van der Waals surface area contributed by atoms with E-state index < -0.39 is 23.8 Å². The number of carbonyl (C=O) groups excluding carboxylic acids is 2. The van der Waals surface area contributed by atoms with Crippen LogP contribution in [0.2, 0.25) is 0 Å². The van der Waals surface area contributed by atoms with E-state index in [0.717, 1.165) is 30.6 Å². The third-order valence-corrected chi connectivity index (χ3v) is 3.97. The van der Waals surface area contributed by atoms with Crippen molar-refractivity contribution < 1.29 is 19.5 Å². The number of carboxylic acids is 1. The highest BCUT2D eigenvalue weighted by Crippen LogP contribution is 2.27. The van der Waals surface area contributed by atoms with Gasteiger partial charge in [0, 0.05) is 13.5 Å². The molecule has 0 unspecified atom stereocenters. The van der Waals surface area contributed by atoms with E-state index in [1.807, 2.05) is 0 Å². The number of carboxylic acid groups (broad SMARTS) is 1. The zero-order valence-electron chi connectivity index (χ0n) is 12.9. The van der Waals surface area contributed by atoms with Crippen molar-refractivity contribution in [3.05, 3.63) is 0 Å². The Labute approximate surface area is 130 Å². The van der Waals surface area contributed by atoms with Gasteiger partial charge in [-0.3, -0.25) is 19.3 Å². The normalized spacial score (nSPS) is 16.4. The summed E-state index contributed by atoms with van der Waals surface area (Å²) in [6.45, 7) is 0. The van der Waals surface area contributed by atoms with Crippen LogP contribution in [0.3, 0.4) is 0 Å². The lowest BCUT2D eigenvalue weighted by Gasteiger charge is -2.27. The molecule has 2 N–H and O–H groups in total. The number of amides is 2. The van der Waals surface area contributed by atoms with E-state index in [0.29, 0.717) is 12.3 Å². The summed E-state index contributed by atoms with van der Waals surface area (Å²) in [6.07, 6.45) is 7.27. The van der Waals surface area contributed by atoms with Gasteiger partial charge in [-0.25, -0.2) is 0 Å². The molecule has 1 fully saturated rings. The molecule has 1 aliphatic carbocycles. The summed E-state index contributed by atoms with van der Waals surface area (Å²) in [6, 6.07) is -0.756. The van der Waals surface area contributed by atoms with Gasteiger partial charge in [0.1, 0.15) is 6.04 Å². The van der Waals surface area contributed by atoms with Crippen LogP contribution in [0.4, 0.5) is 0 Å². The minimum Gasteiger partial charge on any atom is -0.481 e. The Hall–Kier alpha value is -2.10. The van der Waals surface area contributed by atoms with Gasteiger partial charge in [0.05, 0.1) is 6.42 Å². The van der Waals surface area contributed by atoms with E-state index in [9.17, 15) is 14.4 Å². The molecule has 1 rings (SSSR count). The van der Waals surface area contributed by atoms with Crippen LogP contribution in [0.25, 0.3) is 0 Å². The molecule has 2 amide bonds. The second-order valence-electron chi connectivity index (χ2n) is 5.75. The van der Waals surface area contributed by atoms with Gasteiger partial charge in [-0.05, 0) is 12.3 Å². The van der Waals surface area contributed by atoms with E-state index in [2.05, 4.69) is 5.32 Å². The molecule has 0 radical (unpaired) electrons. The molecule has 0 aromatic carbocycles. The first-order chi connectivity index (χ1) is 10.4. The summed E-state index contributed by atoms with van der Waals surface area (Å²) < 4.78 is 0. The molecule has 0 aromatic heterocycles. The number of rotatable bonds is 7. The molecule has 0 aliphatic heterocycles. The molecule has 7 nitrogen and oxygen atoms in total. The number of hydrogen-bond donors (Lipinski definition) is 2. The molecule has 0 bridgehead atoms. The molecular formula is C15H23N3O4. The Morgan fingerprint density at radius 3 is 2.45 bits per heavy atom. The molecule has 0 saturated heterocycles. The van der Waals surface area contributed by atoms with Crippen LogP contribution >= 0.6 is 0 Å². The topological polar surface area (TPSA) is 111 Å². The maximum absolute atomic E-state index is 12.2. The first-order valence-corrected chi connectivity index (χ1v) is 7.62. The fourth-order valence-corrected chi connectivity index (χ4v) is 2.75. The molecule has 1 saturated carbocycles. The number of nitriles is 1. The van der Waals surface area contributed by atoms with Crippen molar-refractivity contribution in [2.45, 2.75) is 57.4 Å². The van der Waals surface area contributed by atoms with Gasteiger partial charge >= 0.3 is 5.97 Å². The average Bonchev–Trinajstić information content (AvgIpc) is 2.51. The Kier molecular flexibility index (Phi) is 7.37. The van der Waals surface area contributed by atoms with E-state index in [4.69, 9.17) is 10.4 Å². The largest absolute Gasteiger partial charge is 0.481 e. The average molecular weight is 309 g/mol. The van der Waals surface area contributed by atoms with Crippen LogP contribution in [0.1, 0.15) is 51.4 Å². The molecule has 22 heavy (non-hydrogen) atoms. The molecule has 0 aromatic rings. The predicted molar refractivity (Wildman–Crippen MR) is 78.4 cm³/mol. The highest BCUT2D eigenvalue weighted by atomic mass is 16.4. The summed E-state index contributed by atoms with van der Waals surface area (Å²) >= 11 is 0. The van der Waals surface area contributed by atoms with E-state index >= 15 is 0 Å². The number of likely N-dealkylation sites (N-methyl/N-ethyl adjacent to an activating group) is 1. The zero-order valence-corrected chi connectivity index (χ0v) is 12.9. The van der Waals surface area contributed by atoms with E-state index in [1.165, 1.54) is 13.5 Å². The van der Waals surface area contributed by atoms with Gasteiger partial charge in [-0.1, -0.05) is 32.1 Å². The quantitative estimate of drug-likeness (QED) is 0.543. The summed E-state index contributed by atoms with van der Waals surface area (Å²) in [5.74, 6) is -1.62. The van der Waals surface area contributed by atoms with Gasteiger partial charge in [0.25, 0.3) is 5.91 Å². The number of carbonyl (C=O) groups is 3. The van der Waals surface area contributed by atoms with Crippen molar-refractivity contribution in [1.29, 1.82) is 5.26 Å². The van der Waals surface area contributed by atoms with Crippen molar-refractivity contribution in [2.75, 3.05) is 7.05 Å². The predicted octanol–water partition coefficient (Wildman–Crippen LogP) is 1.25. The zero-order chi connectivity index (χ0) is 16.5. The molecule has 1 atom stereocenters. The lowest BCUT2D eigenvalue weighted by atomic mass is 9.84. The molecular weight excluding hydrogens is 286 g/mol. The Morgan fingerprint density at radius 1 is 1.27 bits per heavy atom. The Bertz CT molecular complexity index is 452. The third kappa shape index (κ3) is 6.12. The van der Waals surface area contributed by atoms with Crippen molar-refractivity contribution >= 4 is 17.8 Å². The van der Waals surface area contributed by atoms with Crippen LogP contribution in [0, 0.1) is 17.4 Å². The molecule has 1 aliphatic rings. The molecule has 122 valence electrons. The van der Waals surface area contributed by atoms with E-state index in [1.54, 1.807) is 6.19 Å². The van der Waals surface area contributed by atoms with Crippen molar-refractivity contribution in [2.24, 2.45) is 5.92 Å². The second kappa shape index (κ2) is 9.03. The van der Waals surface area contributed by atoms with Gasteiger partial charge in [-0.15, -0.1) is 0 Å². The lowest BCUT2D eigenvalue weighted by Crippen LogP contribution is -2.47. The fourth-order valence-electron chi connectivity index (χ4n) is 2.75. The van der Waals surface area contributed by atoms with Crippen molar-refractivity contribution in [3.63, 3.8) is 0 Å². The molecule has 7 heteroatoms. The van der Waals surface area contributed by atoms with Crippen LogP contribution in [0.15, 0.2) is 0 Å². The molecule has 0 spiro atoms. The summed E-state index contributed by atoms with van der Waals surface area (Å²) in [5, 5.41) is 20.0. The van der Waals surface area contributed by atoms with E-state index in [-0.39, 0.29) is 12.8 Å². The summed E-state index contributed by atoms with van der Waals surface area (Å²) in [5.41, 5.74) is 0. The van der Waals surface area contributed by atoms with Gasteiger partial charge < -0.3 is 10.4 Å². The van der Waals surface area contributed by atoms with Crippen molar-refractivity contribution in [3.8, 4) is 6.19 Å². The summed E-state index contributed by atoms with van der Waals surface area (Å²) in [4.78, 5) is 35.4. The van der Waals surface area contributed by atoms with Gasteiger partial charge in [0.2, 0.25) is 5.91 Å². The number of aliphatic carboxylic acids is 1. The minimum atomic E-state index is -1.06. The third-order valence-electron chi connectivity index (χ3n) is 3.97. The van der Waals surface area contributed by atoms with Crippen molar-refractivity contribution in [1.82, 2.24) is 10.2 Å². The van der Waals surface area contributed by atoms with Crippen LogP contribution in [0.5, 0.6) is 0 Å². The van der Waals surface area contributed by atoms with Gasteiger partial charge in [-0.2, -0.15) is 5.26 Å². The SMILES string of the molecule is CN(C#N)C(=O)[C@H](CC1CCCCC1)NC(=O)CCC(=O)O.